The lowest BCUT2D eigenvalue weighted by atomic mass is 10.1. The van der Waals surface area contributed by atoms with Crippen LogP contribution in [-0.4, -0.2) is 11.0 Å². The molecule has 0 aromatic heterocycles. The molecule has 0 amide bonds. The van der Waals surface area contributed by atoms with Crippen molar-refractivity contribution in [2.45, 2.75) is 32.2 Å². The van der Waals surface area contributed by atoms with E-state index in [1.54, 1.807) is 6.07 Å². The number of hydrogen-bond donors (Lipinski definition) is 1. The van der Waals surface area contributed by atoms with E-state index in [4.69, 9.17) is 5.26 Å². The molecule has 1 aliphatic carbocycles. The van der Waals surface area contributed by atoms with Gasteiger partial charge in [-0.1, -0.05) is 13.3 Å². The fraction of sp³-hybridized carbons (Fsp3) is 0.462. The Kier molecular flexibility index (Phi) is 3.47. The molecular formula is C13H15N3O2. The molecule has 1 fully saturated rings. The van der Waals surface area contributed by atoms with E-state index in [0.29, 0.717) is 12.0 Å². The Morgan fingerprint density at radius 3 is 2.83 bits per heavy atom. The third-order valence-corrected chi connectivity index (χ3v) is 3.53. The number of nitro groups is 1. The molecule has 0 bridgehead atoms. The summed E-state index contributed by atoms with van der Waals surface area (Å²) in [6, 6.07) is 6.89. The number of nitriles is 1. The molecule has 0 aliphatic heterocycles. The van der Waals surface area contributed by atoms with Crippen LogP contribution in [0.1, 0.15) is 31.7 Å². The zero-order chi connectivity index (χ0) is 13.1. The summed E-state index contributed by atoms with van der Waals surface area (Å²) in [6.45, 7) is 2.18. The molecule has 1 aromatic carbocycles. The quantitative estimate of drug-likeness (QED) is 0.655. The first-order valence-corrected chi connectivity index (χ1v) is 6.07. The summed E-state index contributed by atoms with van der Waals surface area (Å²) in [5, 5.41) is 23.0. The smallest absolute Gasteiger partial charge is 0.289 e. The molecule has 1 saturated carbocycles. The lowest BCUT2D eigenvalue weighted by Gasteiger charge is -2.18. The second kappa shape index (κ2) is 5.05. The molecule has 5 heteroatoms. The molecule has 2 unspecified atom stereocenters. The number of nitrogens with one attached hydrogen (secondary N) is 1. The minimum absolute atomic E-state index is 0.102. The van der Waals surface area contributed by atoms with Gasteiger partial charge in [-0.2, -0.15) is 5.26 Å². The first-order chi connectivity index (χ1) is 8.61. The van der Waals surface area contributed by atoms with Gasteiger partial charge in [-0.15, -0.1) is 0 Å². The van der Waals surface area contributed by atoms with Crippen LogP contribution in [0.25, 0.3) is 0 Å². The molecule has 0 spiro atoms. The van der Waals surface area contributed by atoms with Gasteiger partial charge in [0.1, 0.15) is 11.6 Å². The molecular weight excluding hydrogens is 230 g/mol. The van der Waals surface area contributed by atoms with Crippen molar-refractivity contribution in [1.82, 2.24) is 0 Å². The van der Waals surface area contributed by atoms with Crippen LogP contribution in [-0.2, 0) is 0 Å². The predicted octanol–water partition coefficient (Wildman–Crippen LogP) is 3.07. The number of nitro benzene ring substituents is 1. The van der Waals surface area contributed by atoms with Crippen molar-refractivity contribution in [2.75, 3.05) is 5.32 Å². The van der Waals surface area contributed by atoms with Gasteiger partial charge in [-0.3, -0.25) is 10.1 Å². The van der Waals surface area contributed by atoms with Gasteiger partial charge >= 0.3 is 0 Å². The van der Waals surface area contributed by atoms with Gasteiger partial charge in [-0.25, -0.2) is 0 Å². The molecule has 1 N–H and O–H groups in total. The van der Waals surface area contributed by atoms with Gasteiger partial charge in [0.05, 0.1) is 4.92 Å². The number of anilines is 1. The van der Waals surface area contributed by atoms with Crippen LogP contribution < -0.4 is 5.32 Å². The maximum absolute atomic E-state index is 10.9. The van der Waals surface area contributed by atoms with Crippen LogP contribution in [0.15, 0.2) is 18.2 Å². The van der Waals surface area contributed by atoms with Crippen molar-refractivity contribution in [1.29, 1.82) is 5.26 Å². The highest BCUT2D eigenvalue weighted by molar-refractivity contribution is 5.59. The Morgan fingerprint density at radius 1 is 1.50 bits per heavy atom. The third kappa shape index (κ3) is 2.43. The molecule has 0 heterocycles. The monoisotopic (exact) mass is 245 g/mol. The number of nitrogens with zero attached hydrogens (tertiary/aromatic N) is 2. The fourth-order valence-electron chi connectivity index (χ4n) is 2.44. The first-order valence-electron chi connectivity index (χ1n) is 6.07. The SMILES string of the molecule is CC1CCCC1Nc1ccc(C#N)c([N+](=O)[O-])c1. The number of benzene rings is 1. The van der Waals surface area contributed by atoms with Gasteiger partial charge < -0.3 is 5.32 Å². The average molecular weight is 245 g/mol. The Balaban J connectivity index is 2.22. The summed E-state index contributed by atoms with van der Waals surface area (Å²) in [5.74, 6) is 0.583. The molecule has 94 valence electrons. The van der Waals surface area contributed by atoms with Crippen LogP contribution in [0, 0.1) is 27.4 Å². The van der Waals surface area contributed by atoms with E-state index in [2.05, 4.69) is 12.2 Å². The average Bonchev–Trinajstić information content (AvgIpc) is 2.75. The topological polar surface area (TPSA) is 79.0 Å². The van der Waals surface area contributed by atoms with E-state index in [9.17, 15) is 10.1 Å². The van der Waals surface area contributed by atoms with Crippen LogP contribution >= 0.6 is 0 Å². The fourth-order valence-corrected chi connectivity index (χ4v) is 2.44. The summed E-state index contributed by atoms with van der Waals surface area (Å²) in [5.41, 5.74) is 0.692. The lowest BCUT2D eigenvalue weighted by molar-refractivity contribution is -0.385. The van der Waals surface area contributed by atoms with E-state index in [1.165, 1.54) is 25.0 Å². The van der Waals surface area contributed by atoms with E-state index in [-0.39, 0.29) is 11.3 Å². The van der Waals surface area contributed by atoms with Crippen LogP contribution in [0.2, 0.25) is 0 Å². The highest BCUT2D eigenvalue weighted by Crippen LogP contribution is 2.29. The van der Waals surface area contributed by atoms with Crippen molar-refractivity contribution in [3.63, 3.8) is 0 Å². The first kappa shape index (κ1) is 12.4. The van der Waals surface area contributed by atoms with Gasteiger partial charge in [0, 0.05) is 17.8 Å². The largest absolute Gasteiger partial charge is 0.382 e. The zero-order valence-corrected chi connectivity index (χ0v) is 10.2. The van der Waals surface area contributed by atoms with Gasteiger partial charge in [0.25, 0.3) is 5.69 Å². The van der Waals surface area contributed by atoms with Crippen LogP contribution in [0.3, 0.4) is 0 Å². The highest BCUT2D eigenvalue weighted by Gasteiger charge is 2.24. The van der Waals surface area contributed by atoms with Crippen molar-refractivity contribution >= 4 is 11.4 Å². The molecule has 0 saturated heterocycles. The number of rotatable bonds is 3. The minimum Gasteiger partial charge on any atom is -0.382 e. The van der Waals surface area contributed by atoms with Crippen LogP contribution in [0.4, 0.5) is 11.4 Å². The predicted molar refractivity (Wildman–Crippen MR) is 68.2 cm³/mol. The van der Waals surface area contributed by atoms with Crippen molar-refractivity contribution in [3.8, 4) is 6.07 Å². The molecule has 18 heavy (non-hydrogen) atoms. The second-order valence-electron chi connectivity index (χ2n) is 4.76. The maximum Gasteiger partial charge on any atom is 0.289 e. The highest BCUT2D eigenvalue weighted by atomic mass is 16.6. The second-order valence-corrected chi connectivity index (χ2v) is 4.76. The molecule has 5 nitrogen and oxygen atoms in total. The van der Waals surface area contributed by atoms with Gasteiger partial charge in [-0.05, 0) is 30.9 Å². The Hall–Kier alpha value is -2.09. The summed E-state index contributed by atoms with van der Waals surface area (Å²) in [7, 11) is 0. The Morgan fingerprint density at radius 2 is 2.28 bits per heavy atom. The minimum atomic E-state index is -0.512. The molecule has 1 aliphatic rings. The summed E-state index contributed by atoms with van der Waals surface area (Å²) < 4.78 is 0. The Bertz CT molecular complexity index is 507. The van der Waals surface area contributed by atoms with Gasteiger partial charge in [0.15, 0.2) is 0 Å². The molecule has 2 rings (SSSR count). The van der Waals surface area contributed by atoms with Crippen molar-refractivity contribution < 1.29 is 4.92 Å². The Labute approximate surface area is 106 Å². The van der Waals surface area contributed by atoms with E-state index in [1.807, 2.05) is 6.07 Å². The van der Waals surface area contributed by atoms with E-state index < -0.39 is 4.92 Å². The molecule has 0 radical (unpaired) electrons. The van der Waals surface area contributed by atoms with Crippen molar-refractivity contribution in [2.24, 2.45) is 5.92 Å². The summed E-state index contributed by atoms with van der Waals surface area (Å²) in [6.07, 6.45) is 3.47. The van der Waals surface area contributed by atoms with E-state index >= 15 is 0 Å². The molecule has 1 aromatic rings. The normalized spacial score (nSPS) is 22.4. The number of hydrogen-bond acceptors (Lipinski definition) is 4. The van der Waals surface area contributed by atoms with Crippen molar-refractivity contribution in [3.05, 3.63) is 33.9 Å². The summed E-state index contributed by atoms with van der Waals surface area (Å²) >= 11 is 0. The van der Waals surface area contributed by atoms with E-state index in [0.717, 1.165) is 12.1 Å². The summed E-state index contributed by atoms with van der Waals surface area (Å²) in [4.78, 5) is 10.3. The van der Waals surface area contributed by atoms with Gasteiger partial charge in [0.2, 0.25) is 0 Å². The third-order valence-electron chi connectivity index (χ3n) is 3.53. The standard InChI is InChI=1S/C13H15N3O2/c1-9-3-2-4-12(9)15-11-6-5-10(8-14)13(7-11)16(17)18/h5-7,9,12,15H,2-4H2,1H3. The zero-order valence-electron chi connectivity index (χ0n) is 10.2. The lowest BCUT2D eigenvalue weighted by Crippen LogP contribution is -2.21. The maximum atomic E-state index is 10.9. The van der Waals surface area contributed by atoms with Crippen LogP contribution in [0.5, 0.6) is 0 Å². The molecule has 2 atom stereocenters.